The fraction of sp³-hybridized carbons (Fsp3) is 0.235. The SMILES string of the molecule is CC1(C)Cc2ccccc2/C(=C\C(=O)Nc2cccs2)N1. The van der Waals surface area contributed by atoms with Gasteiger partial charge in [0.05, 0.1) is 5.00 Å². The van der Waals surface area contributed by atoms with Gasteiger partial charge >= 0.3 is 0 Å². The van der Waals surface area contributed by atoms with Crippen molar-refractivity contribution in [2.75, 3.05) is 5.32 Å². The number of fused-ring (bicyclic) bond motifs is 1. The predicted molar refractivity (Wildman–Crippen MR) is 88.3 cm³/mol. The number of hydrogen-bond donors (Lipinski definition) is 2. The van der Waals surface area contributed by atoms with Gasteiger partial charge in [-0.25, -0.2) is 0 Å². The zero-order valence-electron chi connectivity index (χ0n) is 12.1. The molecular formula is C17H18N2OS. The van der Waals surface area contributed by atoms with Gasteiger partial charge in [0.25, 0.3) is 5.91 Å². The van der Waals surface area contributed by atoms with Crippen molar-refractivity contribution in [3.05, 3.63) is 59.0 Å². The topological polar surface area (TPSA) is 41.1 Å². The Morgan fingerprint density at radius 1 is 1.29 bits per heavy atom. The van der Waals surface area contributed by atoms with E-state index in [1.165, 1.54) is 16.9 Å². The molecule has 1 amide bonds. The first-order valence-electron chi connectivity index (χ1n) is 6.96. The average Bonchev–Trinajstić information content (AvgIpc) is 2.90. The highest BCUT2D eigenvalue weighted by Gasteiger charge is 2.27. The number of nitrogens with one attached hydrogen (secondary N) is 2. The van der Waals surface area contributed by atoms with E-state index in [0.29, 0.717) is 0 Å². The number of rotatable bonds is 2. The summed E-state index contributed by atoms with van der Waals surface area (Å²) in [6, 6.07) is 12.1. The van der Waals surface area contributed by atoms with Gasteiger partial charge in [0.1, 0.15) is 0 Å². The molecule has 0 saturated heterocycles. The smallest absolute Gasteiger partial charge is 0.251 e. The summed E-state index contributed by atoms with van der Waals surface area (Å²) in [7, 11) is 0. The fourth-order valence-electron chi connectivity index (χ4n) is 2.64. The monoisotopic (exact) mass is 298 g/mol. The van der Waals surface area contributed by atoms with Crippen LogP contribution in [0, 0.1) is 0 Å². The van der Waals surface area contributed by atoms with Crippen LogP contribution in [-0.4, -0.2) is 11.4 Å². The molecule has 0 unspecified atom stereocenters. The average molecular weight is 298 g/mol. The van der Waals surface area contributed by atoms with E-state index in [0.717, 1.165) is 22.7 Å². The second-order valence-electron chi connectivity index (χ2n) is 5.87. The maximum Gasteiger partial charge on any atom is 0.251 e. The second kappa shape index (κ2) is 5.37. The zero-order valence-corrected chi connectivity index (χ0v) is 13.0. The molecule has 4 heteroatoms. The Kier molecular flexibility index (Phi) is 3.55. The van der Waals surface area contributed by atoms with Gasteiger partial charge in [0.2, 0.25) is 0 Å². The summed E-state index contributed by atoms with van der Waals surface area (Å²) in [5, 5.41) is 9.16. The van der Waals surface area contributed by atoms with E-state index in [4.69, 9.17) is 0 Å². The fourth-order valence-corrected chi connectivity index (χ4v) is 3.26. The van der Waals surface area contributed by atoms with E-state index < -0.39 is 0 Å². The van der Waals surface area contributed by atoms with Crippen LogP contribution in [0.1, 0.15) is 25.0 Å². The van der Waals surface area contributed by atoms with Crippen LogP contribution in [0.3, 0.4) is 0 Å². The third-order valence-corrected chi connectivity index (χ3v) is 4.24. The van der Waals surface area contributed by atoms with Gasteiger partial charge in [-0.05, 0) is 43.3 Å². The molecule has 0 radical (unpaired) electrons. The van der Waals surface area contributed by atoms with E-state index >= 15 is 0 Å². The second-order valence-corrected chi connectivity index (χ2v) is 6.82. The Labute approximate surface area is 128 Å². The Morgan fingerprint density at radius 3 is 2.86 bits per heavy atom. The lowest BCUT2D eigenvalue weighted by molar-refractivity contribution is -0.111. The Hall–Kier alpha value is -2.07. The van der Waals surface area contributed by atoms with E-state index in [2.05, 4.69) is 36.6 Å². The van der Waals surface area contributed by atoms with Crippen molar-refractivity contribution in [3.8, 4) is 0 Å². The molecule has 21 heavy (non-hydrogen) atoms. The highest BCUT2D eigenvalue weighted by Crippen LogP contribution is 2.29. The number of benzene rings is 1. The standard InChI is InChI=1S/C17H18N2OS/c1-17(2)11-12-6-3-4-7-13(12)14(19-17)10-15(20)18-16-8-5-9-21-16/h3-10,19H,11H2,1-2H3,(H,18,20)/b14-10+. The van der Waals surface area contributed by atoms with Crippen molar-refractivity contribution >= 4 is 27.9 Å². The van der Waals surface area contributed by atoms with Crippen LogP contribution < -0.4 is 10.6 Å². The molecule has 3 nitrogen and oxygen atoms in total. The predicted octanol–water partition coefficient (Wildman–Crippen LogP) is 3.65. The maximum absolute atomic E-state index is 12.2. The van der Waals surface area contributed by atoms with Crippen LogP contribution in [-0.2, 0) is 11.2 Å². The molecule has 2 heterocycles. The normalized spacial score (nSPS) is 17.9. The molecule has 0 atom stereocenters. The van der Waals surface area contributed by atoms with Crippen molar-refractivity contribution < 1.29 is 4.79 Å². The Bertz CT molecular complexity index is 687. The van der Waals surface area contributed by atoms with Crippen LogP contribution in [0.25, 0.3) is 5.70 Å². The van der Waals surface area contributed by atoms with E-state index in [-0.39, 0.29) is 11.4 Å². The van der Waals surface area contributed by atoms with Gasteiger partial charge in [0.15, 0.2) is 0 Å². The molecule has 1 aromatic carbocycles. The molecule has 1 aliphatic rings. The minimum Gasteiger partial charge on any atom is -0.379 e. The highest BCUT2D eigenvalue weighted by atomic mass is 32.1. The van der Waals surface area contributed by atoms with E-state index in [1.54, 1.807) is 6.08 Å². The molecule has 2 aromatic rings. The molecule has 1 aliphatic heterocycles. The van der Waals surface area contributed by atoms with Gasteiger partial charge in [-0.15, -0.1) is 11.3 Å². The molecule has 0 spiro atoms. The first-order valence-corrected chi connectivity index (χ1v) is 7.84. The molecule has 2 N–H and O–H groups in total. The minimum atomic E-state index is -0.104. The molecule has 0 fully saturated rings. The lowest BCUT2D eigenvalue weighted by Crippen LogP contribution is -2.44. The maximum atomic E-state index is 12.2. The number of anilines is 1. The molecular weight excluding hydrogens is 280 g/mol. The van der Waals surface area contributed by atoms with Crippen molar-refractivity contribution in [2.24, 2.45) is 0 Å². The van der Waals surface area contributed by atoms with Gasteiger partial charge in [-0.2, -0.15) is 0 Å². The largest absolute Gasteiger partial charge is 0.379 e. The molecule has 0 saturated carbocycles. The van der Waals surface area contributed by atoms with Gasteiger partial charge < -0.3 is 10.6 Å². The van der Waals surface area contributed by atoms with Crippen molar-refractivity contribution in [3.63, 3.8) is 0 Å². The summed E-state index contributed by atoms with van der Waals surface area (Å²) in [5.41, 5.74) is 3.22. The van der Waals surface area contributed by atoms with Crippen LogP contribution in [0.5, 0.6) is 0 Å². The third-order valence-electron chi connectivity index (χ3n) is 3.46. The number of carbonyl (C=O) groups is 1. The molecule has 0 bridgehead atoms. The van der Waals surface area contributed by atoms with Crippen LogP contribution in [0.2, 0.25) is 0 Å². The lowest BCUT2D eigenvalue weighted by Gasteiger charge is -2.35. The summed E-state index contributed by atoms with van der Waals surface area (Å²) in [4.78, 5) is 12.2. The third kappa shape index (κ3) is 3.16. The van der Waals surface area contributed by atoms with Gasteiger partial charge in [-0.1, -0.05) is 24.3 Å². The summed E-state index contributed by atoms with van der Waals surface area (Å²) in [6.45, 7) is 4.29. The van der Waals surface area contributed by atoms with E-state index in [9.17, 15) is 4.79 Å². The lowest BCUT2D eigenvalue weighted by atomic mass is 9.86. The van der Waals surface area contributed by atoms with Crippen molar-refractivity contribution in [1.82, 2.24) is 5.32 Å². The zero-order chi connectivity index (χ0) is 14.9. The van der Waals surface area contributed by atoms with Crippen LogP contribution in [0.4, 0.5) is 5.00 Å². The summed E-state index contributed by atoms with van der Waals surface area (Å²) in [6.07, 6.45) is 2.60. The quantitative estimate of drug-likeness (QED) is 0.831. The number of carbonyl (C=O) groups excluding carboxylic acids is 1. The number of thiophene rings is 1. The number of amides is 1. The minimum absolute atomic E-state index is 0.0522. The molecule has 1 aromatic heterocycles. The summed E-state index contributed by atoms with van der Waals surface area (Å²) >= 11 is 1.52. The van der Waals surface area contributed by atoms with Crippen LogP contribution >= 0.6 is 11.3 Å². The summed E-state index contributed by atoms with van der Waals surface area (Å²) in [5.74, 6) is -0.104. The molecule has 108 valence electrons. The van der Waals surface area contributed by atoms with Gasteiger partial charge in [-0.3, -0.25) is 4.79 Å². The molecule has 0 aliphatic carbocycles. The highest BCUT2D eigenvalue weighted by molar-refractivity contribution is 7.14. The Balaban J connectivity index is 1.90. The van der Waals surface area contributed by atoms with Crippen molar-refractivity contribution in [1.29, 1.82) is 0 Å². The summed E-state index contributed by atoms with van der Waals surface area (Å²) < 4.78 is 0. The first kappa shape index (κ1) is 13.9. The molecule has 3 rings (SSSR count). The van der Waals surface area contributed by atoms with E-state index in [1.807, 2.05) is 29.6 Å². The van der Waals surface area contributed by atoms with Crippen molar-refractivity contribution in [2.45, 2.75) is 25.8 Å². The first-order chi connectivity index (χ1) is 10.0. The number of hydrogen-bond acceptors (Lipinski definition) is 3. The van der Waals surface area contributed by atoms with Gasteiger partial charge in [0, 0.05) is 22.9 Å². The Morgan fingerprint density at radius 2 is 2.10 bits per heavy atom. The van der Waals surface area contributed by atoms with Crippen LogP contribution in [0.15, 0.2) is 47.9 Å².